The third-order valence-electron chi connectivity index (χ3n) is 3.20. The summed E-state index contributed by atoms with van der Waals surface area (Å²) in [7, 11) is 0. The van der Waals surface area contributed by atoms with Crippen LogP contribution in [-0.4, -0.2) is 0 Å². The van der Waals surface area contributed by atoms with E-state index in [1.807, 2.05) is 24.3 Å². The van der Waals surface area contributed by atoms with Gasteiger partial charge in [0.05, 0.1) is 16.4 Å². The lowest BCUT2D eigenvalue weighted by atomic mass is 10.2. The first-order chi connectivity index (χ1) is 11.1. The summed E-state index contributed by atoms with van der Waals surface area (Å²) < 4.78 is 11.7. The van der Waals surface area contributed by atoms with Crippen molar-refractivity contribution in [3.05, 3.63) is 71.8 Å². The molecular weight excluding hydrogens is 312 g/mol. The van der Waals surface area contributed by atoms with Gasteiger partial charge >= 0.3 is 0 Å². The molecule has 5 heteroatoms. The Balaban J connectivity index is 1.97. The van der Waals surface area contributed by atoms with Crippen molar-refractivity contribution in [2.75, 3.05) is 11.5 Å². The van der Waals surface area contributed by atoms with Gasteiger partial charge in [-0.1, -0.05) is 41.9 Å². The molecule has 0 heterocycles. The molecule has 0 atom stereocenters. The molecule has 4 nitrogen and oxygen atoms in total. The molecule has 4 N–H and O–H groups in total. The third-order valence-corrected chi connectivity index (χ3v) is 3.50. The molecule has 0 saturated heterocycles. The molecule has 23 heavy (non-hydrogen) atoms. The van der Waals surface area contributed by atoms with Gasteiger partial charge in [-0.15, -0.1) is 0 Å². The van der Waals surface area contributed by atoms with E-state index < -0.39 is 0 Å². The minimum absolute atomic E-state index is 0.385. The van der Waals surface area contributed by atoms with E-state index in [9.17, 15) is 0 Å². The number of nitrogens with two attached hydrogens (primary N) is 2. The monoisotopic (exact) mass is 326 g/mol. The normalized spacial score (nSPS) is 10.3. The second-order valence-corrected chi connectivity index (χ2v) is 5.25. The smallest absolute Gasteiger partial charge is 0.188 e. The first kappa shape index (κ1) is 15.1. The molecule has 0 fully saturated rings. The van der Waals surface area contributed by atoms with Crippen LogP contribution in [0.15, 0.2) is 66.7 Å². The van der Waals surface area contributed by atoms with Crippen molar-refractivity contribution in [1.29, 1.82) is 0 Å². The lowest BCUT2D eigenvalue weighted by molar-refractivity contribution is 0.421. The number of benzene rings is 3. The van der Waals surface area contributed by atoms with Crippen molar-refractivity contribution < 1.29 is 9.47 Å². The molecule has 0 radical (unpaired) electrons. The maximum absolute atomic E-state index is 6.26. The van der Waals surface area contributed by atoms with E-state index in [2.05, 4.69) is 0 Å². The second kappa shape index (κ2) is 6.50. The Morgan fingerprint density at radius 2 is 1.13 bits per heavy atom. The fourth-order valence-electron chi connectivity index (χ4n) is 2.04. The van der Waals surface area contributed by atoms with E-state index in [0.717, 1.165) is 0 Å². The van der Waals surface area contributed by atoms with E-state index in [-0.39, 0.29) is 0 Å². The maximum Gasteiger partial charge on any atom is 0.188 e. The predicted molar refractivity (Wildman–Crippen MR) is 93.3 cm³/mol. The number of hydrogen-bond acceptors (Lipinski definition) is 4. The number of anilines is 2. The minimum atomic E-state index is 0.385. The molecule has 3 aromatic rings. The van der Waals surface area contributed by atoms with Crippen LogP contribution in [0.2, 0.25) is 5.02 Å². The van der Waals surface area contributed by atoms with Crippen LogP contribution >= 0.6 is 11.6 Å². The van der Waals surface area contributed by atoms with E-state index in [1.165, 1.54) is 0 Å². The summed E-state index contributed by atoms with van der Waals surface area (Å²) in [6.07, 6.45) is 0. The lowest BCUT2D eigenvalue weighted by Crippen LogP contribution is -1.96. The zero-order chi connectivity index (χ0) is 16.2. The van der Waals surface area contributed by atoms with Crippen LogP contribution in [0.1, 0.15) is 0 Å². The van der Waals surface area contributed by atoms with Crippen molar-refractivity contribution >= 4 is 23.0 Å². The van der Waals surface area contributed by atoms with Gasteiger partial charge in [-0.3, -0.25) is 0 Å². The zero-order valence-electron chi connectivity index (χ0n) is 12.2. The Labute approximate surface area is 139 Å². The van der Waals surface area contributed by atoms with Crippen LogP contribution in [0.25, 0.3) is 0 Å². The molecule has 0 unspecified atom stereocenters. The molecule has 0 aliphatic carbocycles. The molecule has 0 saturated carbocycles. The fraction of sp³-hybridized carbons (Fsp3) is 0. The Bertz CT molecular complexity index is 837. The average Bonchev–Trinajstić information content (AvgIpc) is 2.54. The second-order valence-electron chi connectivity index (χ2n) is 4.85. The molecule has 0 spiro atoms. The summed E-state index contributed by atoms with van der Waals surface area (Å²) in [5.74, 6) is 1.88. The molecule has 3 rings (SSSR count). The van der Waals surface area contributed by atoms with Gasteiger partial charge < -0.3 is 20.9 Å². The van der Waals surface area contributed by atoms with E-state index in [4.69, 9.17) is 32.5 Å². The first-order valence-electron chi connectivity index (χ1n) is 6.98. The predicted octanol–water partition coefficient (Wildman–Crippen LogP) is 5.09. The van der Waals surface area contributed by atoms with Crippen LogP contribution in [0.4, 0.5) is 11.4 Å². The molecule has 0 aliphatic heterocycles. The topological polar surface area (TPSA) is 70.5 Å². The SMILES string of the molecule is Nc1ccccc1Oc1cccc(Cl)c1Oc1ccccc1N. The first-order valence-corrected chi connectivity index (χ1v) is 7.36. The Hall–Kier alpha value is -2.85. The van der Waals surface area contributed by atoms with Crippen LogP contribution < -0.4 is 20.9 Å². The third kappa shape index (κ3) is 3.33. The number of halogens is 1. The number of nitrogen functional groups attached to an aromatic ring is 2. The highest BCUT2D eigenvalue weighted by molar-refractivity contribution is 6.32. The summed E-state index contributed by atoms with van der Waals surface area (Å²) in [6, 6.07) is 19.6. The van der Waals surface area contributed by atoms with Gasteiger partial charge in [0.2, 0.25) is 0 Å². The van der Waals surface area contributed by atoms with Gasteiger partial charge in [-0.05, 0) is 36.4 Å². The van der Waals surface area contributed by atoms with E-state index in [0.29, 0.717) is 39.4 Å². The summed E-state index contributed by atoms with van der Waals surface area (Å²) in [4.78, 5) is 0. The summed E-state index contributed by atoms with van der Waals surface area (Å²) in [5, 5.41) is 0.417. The average molecular weight is 327 g/mol. The molecule has 0 amide bonds. The van der Waals surface area contributed by atoms with Gasteiger partial charge in [0.1, 0.15) is 0 Å². The standard InChI is InChI=1S/C18H15ClN2O2/c19-12-6-5-11-17(22-15-9-3-1-7-13(15)20)18(12)23-16-10-4-2-8-14(16)21/h1-11H,20-21H2. The lowest BCUT2D eigenvalue weighted by Gasteiger charge is -2.15. The Morgan fingerprint density at radius 1 is 0.609 bits per heavy atom. The number of hydrogen-bond donors (Lipinski definition) is 2. The van der Waals surface area contributed by atoms with Gasteiger partial charge in [0, 0.05) is 0 Å². The molecule has 116 valence electrons. The fourth-order valence-corrected chi connectivity index (χ4v) is 2.25. The van der Waals surface area contributed by atoms with Crippen molar-refractivity contribution in [1.82, 2.24) is 0 Å². The maximum atomic E-state index is 6.26. The highest BCUT2D eigenvalue weighted by atomic mass is 35.5. The van der Waals surface area contributed by atoms with Crippen LogP contribution in [0.3, 0.4) is 0 Å². The summed E-state index contributed by atoms with van der Waals surface area (Å²) >= 11 is 6.26. The van der Waals surface area contributed by atoms with Gasteiger partial charge in [-0.25, -0.2) is 0 Å². The molecule has 0 aliphatic rings. The van der Waals surface area contributed by atoms with Gasteiger partial charge in [0.25, 0.3) is 0 Å². The van der Waals surface area contributed by atoms with E-state index >= 15 is 0 Å². The Morgan fingerprint density at radius 3 is 1.74 bits per heavy atom. The molecular formula is C18H15ClN2O2. The largest absolute Gasteiger partial charge is 0.451 e. The van der Waals surface area contributed by atoms with Crippen LogP contribution in [0, 0.1) is 0 Å². The van der Waals surface area contributed by atoms with Crippen molar-refractivity contribution in [2.24, 2.45) is 0 Å². The van der Waals surface area contributed by atoms with Crippen molar-refractivity contribution in [3.63, 3.8) is 0 Å². The zero-order valence-corrected chi connectivity index (χ0v) is 13.0. The summed E-state index contributed by atoms with van der Waals surface area (Å²) in [6.45, 7) is 0. The van der Waals surface area contributed by atoms with Gasteiger partial charge in [-0.2, -0.15) is 0 Å². The van der Waals surface area contributed by atoms with Crippen molar-refractivity contribution in [3.8, 4) is 23.0 Å². The summed E-state index contributed by atoms with van der Waals surface area (Å²) in [5.41, 5.74) is 12.9. The van der Waals surface area contributed by atoms with E-state index in [1.54, 1.807) is 42.5 Å². The van der Waals surface area contributed by atoms with Crippen LogP contribution in [0.5, 0.6) is 23.0 Å². The molecule has 3 aromatic carbocycles. The number of ether oxygens (including phenoxy) is 2. The van der Waals surface area contributed by atoms with Gasteiger partial charge in [0.15, 0.2) is 23.0 Å². The molecule has 0 bridgehead atoms. The van der Waals surface area contributed by atoms with Crippen LogP contribution in [-0.2, 0) is 0 Å². The van der Waals surface area contributed by atoms with Crippen molar-refractivity contribution in [2.45, 2.75) is 0 Å². The number of rotatable bonds is 4. The number of para-hydroxylation sites is 5. The highest BCUT2D eigenvalue weighted by Crippen LogP contribution is 2.42. The highest BCUT2D eigenvalue weighted by Gasteiger charge is 2.14. The quantitative estimate of drug-likeness (QED) is 0.655. The minimum Gasteiger partial charge on any atom is -0.451 e. The Kier molecular flexibility index (Phi) is 4.26. The molecule has 0 aromatic heterocycles.